The first-order valence-corrected chi connectivity index (χ1v) is 9.68. The van der Waals surface area contributed by atoms with Gasteiger partial charge in [0.25, 0.3) is 0 Å². The van der Waals surface area contributed by atoms with Crippen molar-refractivity contribution in [3.05, 3.63) is 108 Å². The highest BCUT2D eigenvalue weighted by Crippen LogP contribution is 2.33. The Hall–Kier alpha value is -2.95. The molecule has 3 aromatic rings. The molecule has 0 heterocycles. The van der Waals surface area contributed by atoms with Gasteiger partial charge in [-0.05, 0) is 16.7 Å². The fourth-order valence-corrected chi connectivity index (χ4v) is 3.77. The van der Waals surface area contributed by atoms with E-state index in [0.29, 0.717) is 0 Å². The van der Waals surface area contributed by atoms with Crippen LogP contribution in [0.4, 0.5) is 0 Å². The van der Waals surface area contributed by atoms with Crippen LogP contribution in [-0.4, -0.2) is 29.3 Å². The Morgan fingerprint density at radius 2 is 1.10 bits per heavy atom. The molecule has 3 N–H and O–H groups in total. The van der Waals surface area contributed by atoms with Crippen LogP contribution in [-0.2, 0) is 28.8 Å². The van der Waals surface area contributed by atoms with Crippen LogP contribution in [0.15, 0.2) is 91.0 Å². The van der Waals surface area contributed by atoms with Crippen molar-refractivity contribution in [1.82, 2.24) is 0 Å². The van der Waals surface area contributed by atoms with E-state index in [1.165, 1.54) is 7.11 Å². The number of carbonyl (C=O) groups is 1. The zero-order valence-corrected chi connectivity index (χ0v) is 16.6. The summed E-state index contributed by atoms with van der Waals surface area (Å²) in [5, 5.41) is 12.0. The number of hydrogen-bond donors (Lipinski definition) is 2. The van der Waals surface area contributed by atoms with Crippen molar-refractivity contribution < 1.29 is 14.6 Å². The molecule has 0 aliphatic rings. The SMILES string of the molecule is COC(=O)[C@](N)(Cc1ccccc1)C(O)(Cc1ccccc1)Cc1ccccc1. The van der Waals surface area contributed by atoms with Crippen molar-refractivity contribution in [3.63, 3.8) is 0 Å². The second-order valence-electron chi connectivity index (χ2n) is 7.48. The second-order valence-corrected chi connectivity index (χ2v) is 7.48. The maximum atomic E-state index is 13.0. The Morgan fingerprint density at radius 3 is 1.45 bits per heavy atom. The first kappa shape index (κ1) is 20.8. The van der Waals surface area contributed by atoms with E-state index < -0.39 is 17.1 Å². The lowest BCUT2D eigenvalue weighted by atomic mass is 9.69. The normalized spacial score (nSPS) is 13.5. The van der Waals surface area contributed by atoms with Gasteiger partial charge in [-0.1, -0.05) is 91.0 Å². The Balaban J connectivity index is 2.07. The number of hydrogen-bond acceptors (Lipinski definition) is 4. The third kappa shape index (κ3) is 4.73. The first-order chi connectivity index (χ1) is 14.0. The van der Waals surface area contributed by atoms with E-state index in [2.05, 4.69) is 0 Å². The van der Waals surface area contributed by atoms with Gasteiger partial charge >= 0.3 is 5.97 Å². The molecule has 4 heteroatoms. The fourth-order valence-electron chi connectivity index (χ4n) is 3.77. The van der Waals surface area contributed by atoms with E-state index in [-0.39, 0.29) is 19.3 Å². The Kier molecular flexibility index (Phi) is 6.47. The molecule has 0 fully saturated rings. The van der Waals surface area contributed by atoms with Crippen LogP contribution in [0.1, 0.15) is 16.7 Å². The summed E-state index contributed by atoms with van der Waals surface area (Å²) in [7, 11) is 1.31. The lowest BCUT2D eigenvalue weighted by Gasteiger charge is -2.43. The van der Waals surface area contributed by atoms with Gasteiger partial charge in [-0.25, -0.2) is 4.79 Å². The van der Waals surface area contributed by atoms with Gasteiger partial charge in [-0.3, -0.25) is 0 Å². The molecular weight excluding hydrogens is 362 g/mol. The smallest absolute Gasteiger partial charge is 0.329 e. The van der Waals surface area contributed by atoms with Crippen molar-refractivity contribution in [2.45, 2.75) is 30.4 Å². The number of methoxy groups -OCH3 is 1. The predicted molar refractivity (Wildman–Crippen MR) is 114 cm³/mol. The summed E-state index contributed by atoms with van der Waals surface area (Å²) in [6.07, 6.45) is 0.610. The van der Waals surface area contributed by atoms with Gasteiger partial charge in [0.15, 0.2) is 0 Å². The minimum absolute atomic E-state index is 0.163. The molecule has 0 saturated carbocycles. The van der Waals surface area contributed by atoms with Gasteiger partial charge in [0.05, 0.1) is 7.11 Å². The van der Waals surface area contributed by atoms with E-state index in [0.717, 1.165) is 16.7 Å². The average Bonchev–Trinajstić information content (AvgIpc) is 2.75. The summed E-state index contributed by atoms with van der Waals surface area (Å²) in [6, 6.07) is 28.7. The van der Waals surface area contributed by atoms with Gasteiger partial charge in [0, 0.05) is 19.3 Å². The molecule has 0 bridgehead atoms. The van der Waals surface area contributed by atoms with Crippen LogP contribution in [0.2, 0.25) is 0 Å². The van der Waals surface area contributed by atoms with E-state index in [4.69, 9.17) is 10.5 Å². The third-order valence-electron chi connectivity index (χ3n) is 5.38. The van der Waals surface area contributed by atoms with E-state index >= 15 is 0 Å². The molecule has 0 spiro atoms. The molecule has 0 aromatic heterocycles. The number of carbonyl (C=O) groups excluding carboxylic acids is 1. The predicted octanol–water partition coefficient (Wildman–Crippen LogP) is 3.32. The highest BCUT2D eigenvalue weighted by Gasteiger charge is 2.54. The number of aliphatic hydroxyl groups is 1. The maximum absolute atomic E-state index is 13.0. The molecule has 29 heavy (non-hydrogen) atoms. The van der Waals surface area contributed by atoms with Gasteiger partial charge in [-0.2, -0.15) is 0 Å². The van der Waals surface area contributed by atoms with E-state index in [9.17, 15) is 9.90 Å². The molecule has 150 valence electrons. The second kappa shape index (κ2) is 9.03. The topological polar surface area (TPSA) is 72.5 Å². The van der Waals surface area contributed by atoms with Crippen LogP contribution in [0.25, 0.3) is 0 Å². The Morgan fingerprint density at radius 1 is 0.759 bits per heavy atom. The molecule has 0 aliphatic heterocycles. The highest BCUT2D eigenvalue weighted by atomic mass is 16.5. The van der Waals surface area contributed by atoms with Crippen molar-refractivity contribution in [3.8, 4) is 0 Å². The summed E-state index contributed by atoms with van der Waals surface area (Å²) >= 11 is 0. The standard InChI is InChI=1S/C25H27NO3/c1-29-23(27)25(26,19-22-15-9-4-10-16-22)24(28,17-20-11-5-2-6-12-20)18-21-13-7-3-8-14-21/h2-16,28H,17-19,26H2,1H3/t25-/m1/s1. The molecule has 3 rings (SSSR count). The van der Waals surface area contributed by atoms with E-state index in [1.54, 1.807) is 0 Å². The molecule has 4 nitrogen and oxygen atoms in total. The zero-order valence-electron chi connectivity index (χ0n) is 16.6. The molecule has 3 aromatic carbocycles. The minimum Gasteiger partial charge on any atom is -0.468 e. The minimum atomic E-state index is -1.63. The molecule has 0 unspecified atom stereocenters. The van der Waals surface area contributed by atoms with Gasteiger partial charge < -0.3 is 15.6 Å². The van der Waals surface area contributed by atoms with Crippen LogP contribution in [0, 0.1) is 0 Å². The summed E-state index contributed by atoms with van der Waals surface area (Å²) in [6.45, 7) is 0. The summed E-state index contributed by atoms with van der Waals surface area (Å²) in [5.41, 5.74) is 6.21. The molecule has 0 amide bonds. The van der Waals surface area contributed by atoms with Crippen LogP contribution in [0.5, 0.6) is 0 Å². The molecule has 0 aliphatic carbocycles. The first-order valence-electron chi connectivity index (χ1n) is 9.68. The molecule has 0 radical (unpaired) electrons. The average molecular weight is 389 g/mol. The summed E-state index contributed by atoms with van der Waals surface area (Å²) in [5.74, 6) is -0.629. The van der Waals surface area contributed by atoms with Crippen molar-refractivity contribution in [2.75, 3.05) is 7.11 Å². The quantitative estimate of drug-likeness (QED) is 0.580. The number of nitrogens with two attached hydrogens (primary N) is 1. The van der Waals surface area contributed by atoms with Gasteiger partial charge in [0.1, 0.15) is 11.1 Å². The summed E-state index contributed by atoms with van der Waals surface area (Å²) in [4.78, 5) is 13.0. The molecule has 0 saturated heterocycles. The van der Waals surface area contributed by atoms with Crippen molar-refractivity contribution >= 4 is 5.97 Å². The summed E-state index contributed by atoms with van der Waals surface area (Å²) < 4.78 is 5.09. The van der Waals surface area contributed by atoms with Crippen LogP contribution >= 0.6 is 0 Å². The number of benzene rings is 3. The fraction of sp³-hybridized carbons (Fsp3) is 0.240. The van der Waals surface area contributed by atoms with E-state index in [1.807, 2.05) is 91.0 Å². The largest absolute Gasteiger partial charge is 0.468 e. The zero-order chi connectivity index (χ0) is 20.7. The highest BCUT2D eigenvalue weighted by molar-refractivity contribution is 5.83. The van der Waals surface area contributed by atoms with Crippen LogP contribution in [0.3, 0.4) is 0 Å². The lowest BCUT2D eigenvalue weighted by Crippen LogP contribution is -2.69. The lowest BCUT2D eigenvalue weighted by molar-refractivity contribution is -0.159. The Bertz CT molecular complexity index is 871. The monoisotopic (exact) mass is 389 g/mol. The van der Waals surface area contributed by atoms with Gasteiger partial charge in [-0.15, -0.1) is 0 Å². The number of esters is 1. The molecule has 1 atom stereocenters. The van der Waals surface area contributed by atoms with Crippen molar-refractivity contribution in [2.24, 2.45) is 5.73 Å². The van der Waals surface area contributed by atoms with Crippen LogP contribution < -0.4 is 5.73 Å². The molecular formula is C25H27NO3. The third-order valence-corrected chi connectivity index (χ3v) is 5.38. The van der Waals surface area contributed by atoms with Gasteiger partial charge in [0.2, 0.25) is 0 Å². The number of rotatable bonds is 8. The maximum Gasteiger partial charge on any atom is 0.329 e. The van der Waals surface area contributed by atoms with Crippen molar-refractivity contribution in [1.29, 1.82) is 0 Å². The number of ether oxygens (including phenoxy) is 1. The Labute approximate surface area is 172 Å².